The number of aromatic amines is 1. The summed E-state index contributed by atoms with van der Waals surface area (Å²) in [4.78, 5) is 23.4. The zero-order valence-corrected chi connectivity index (χ0v) is 13.1. The molecule has 0 aliphatic heterocycles. The van der Waals surface area contributed by atoms with Gasteiger partial charge in [0.25, 0.3) is 0 Å². The van der Waals surface area contributed by atoms with Crippen molar-refractivity contribution in [3.05, 3.63) is 11.8 Å². The lowest BCUT2D eigenvalue weighted by Gasteiger charge is -2.14. The molecule has 1 aliphatic carbocycles. The van der Waals surface area contributed by atoms with Crippen molar-refractivity contribution in [2.75, 3.05) is 11.9 Å². The molecule has 1 fully saturated rings. The second kappa shape index (κ2) is 5.87. The Morgan fingerprint density at radius 3 is 2.62 bits per heavy atom. The Morgan fingerprint density at radius 1 is 1.43 bits per heavy atom. The number of carbonyl (C=O) groups excluding carboxylic acids is 2. The van der Waals surface area contributed by atoms with Crippen molar-refractivity contribution in [3.63, 3.8) is 0 Å². The molecule has 1 aromatic rings. The minimum Gasteiger partial charge on any atom is -0.355 e. The second-order valence-corrected chi connectivity index (χ2v) is 6.83. The van der Waals surface area contributed by atoms with Gasteiger partial charge in [0.1, 0.15) is 0 Å². The molecule has 2 amide bonds. The van der Waals surface area contributed by atoms with Gasteiger partial charge >= 0.3 is 0 Å². The lowest BCUT2D eigenvalue weighted by molar-refractivity contribution is -0.122. The van der Waals surface area contributed by atoms with Crippen molar-refractivity contribution in [2.45, 2.75) is 46.0 Å². The molecule has 6 heteroatoms. The van der Waals surface area contributed by atoms with Crippen LogP contribution >= 0.6 is 0 Å². The molecule has 1 aromatic heterocycles. The first-order chi connectivity index (χ1) is 9.77. The number of amides is 2. The normalized spacial score (nSPS) is 21.0. The van der Waals surface area contributed by atoms with Crippen LogP contribution in [0.5, 0.6) is 0 Å². The fraction of sp³-hybridized carbons (Fsp3) is 0.667. The maximum atomic E-state index is 11.8. The topological polar surface area (TPSA) is 86.9 Å². The number of rotatable bonds is 5. The molecule has 2 unspecified atom stereocenters. The Labute approximate surface area is 125 Å². The largest absolute Gasteiger partial charge is 0.355 e. The van der Waals surface area contributed by atoms with Crippen molar-refractivity contribution in [1.82, 2.24) is 15.5 Å². The van der Waals surface area contributed by atoms with Gasteiger partial charge in [0.2, 0.25) is 11.8 Å². The van der Waals surface area contributed by atoms with Crippen LogP contribution in [0.15, 0.2) is 6.07 Å². The van der Waals surface area contributed by atoms with Crippen LogP contribution in [0.25, 0.3) is 0 Å². The quantitative estimate of drug-likeness (QED) is 0.773. The van der Waals surface area contributed by atoms with Crippen molar-refractivity contribution in [1.29, 1.82) is 0 Å². The van der Waals surface area contributed by atoms with E-state index in [9.17, 15) is 9.59 Å². The maximum absolute atomic E-state index is 11.8. The van der Waals surface area contributed by atoms with Crippen LogP contribution in [0.2, 0.25) is 0 Å². The van der Waals surface area contributed by atoms with Gasteiger partial charge in [-0.05, 0) is 12.3 Å². The van der Waals surface area contributed by atoms with E-state index in [1.54, 1.807) is 0 Å². The van der Waals surface area contributed by atoms with Gasteiger partial charge in [0, 0.05) is 36.1 Å². The lowest BCUT2D eigenvalue weighted by Crippen LogP contribution is -2.29. The Balaban J connectivity index is 1.72. The standard InChI is InChI=1S/C15H24N4O2/c1-9-7-10(9)14(21)16-6-5-13(20)17-12-8-11(18-19-12)15(2,3)4/h8-10H,5-7H2,1-4H3,(H,16,21)(H2,17,18,19,20). The number of anilines is 1. The van der Waals surface area contributed by atoms with Gasteiger partial charge in [-0.2, -0.15) is 5.10 Å². The molecule has 2 rings (SSSR count). The molecule has 0 spiro atoms. The van der Waals surface area contributed by atoms with Crippen LogP contribution < -0.4 is 10.6 Å². The fourth-order valence-electron chi connectivity index (χ4n) is 2.09. The summed E-state index contributed by atoms with van der Waals surface area (Å²) in [6, 6.07) is 1.84. The van der Waals surface area contributed by atoms with E-state index >= 15 is 0 Å². The summed E-state index contributed by atoms with van der Waals surface area (Å²) >= 11 is 0. The molecule has 3 N–H and O–H groups in total. The number of carbonyl (C=O) groups is 2. The zero-order valence-electron chi connectivity index (χ0n) is 13.1. The molecular weight excluding hydrogens is 268 g/mol. The summed E-state index contributed by atoms with van der Waals surface area (Å²) in [5.41, 5.74) is 0.930. The summed E-state index contributed by atoms with van der Waals surface area (Å²) in [6.45, 7) is 8.63. The molecule has 116 valence electrons. The van der Waals surface area contributed by atoms with Gasteiger partial charge in [-0.25, -0.2) is 0 Å². The average Bonchev–Trinajstić information content (AvgIpc) is 2.90. The van der Waals surface area contributed by atoms with Crippen LogP contribution in [0.1, 0.15) is 46.2 Å². The Kier molecular flexibility index (Phi) is 4.34. The Bertz CT molecular complexity index is 530. The average molecular weight is 292 g/mol. The van der Waals surface area contributed by atoms with Gasteiger partial charge in [0.05, 0.1) is 0 Å². The smallest absolute Gasteiger partial charge is 0.227 e. The van der Waals surface area contributed by atoms with Crippen molar-refractivity contribution >= 4 is 17.6 Å². The predicted molar refractivity (Wildman–Crippen MR) is 80.8 cm³/mol. The number of hydrogen-bond acceptors (Lipinski definition) is 3. The number of nitrogens with one attached hydrogen (secondary N) is 3. The van der Waals surface area contributed by atoms with E-state index in [0.29, 0.717) is 18.3 Å². The van der Waals surface area contributed by atoms with E-state index in [-0.39, 0.29) is 29.6 Å². The fourth-order valence-corrected chi connectivity index (χ4v) is 2.09. The van der Waals surface area contributed by atoms with Gasteiger partial charge < -0.3 is 10.6 Å². The van der Waals surface area contributed by atoms with Crippen LogP contribution in [0, 0.1) is 11.8 Å². The first-order valence-electron chi connectivity index (χ1n) is 7.41. The third-order valence-electron chi connectivity index (χ3n) is 3.75. The summed E-state index contributed by atoms with van der Waals surface area (Å²) < 4.78 is 0. The maximum Gasteiger partial charge on any atom is 0.227 e. The Morgan fingerprint density at radius 2 is 2.10 bits per heavy atom. The van der Waals surface area contributed by atoms with Gasteiger partial charge in [-0.1, -0.05) is 27.7 Å². The molecule has 1 aliphatic rings. The third-order valence-corrected chi connectivity index (χ3v) is 3.75. The van der Waals surface area contributed by atoms with Crippen molar-refractivity contribution in [3.8, 4) is 0 Å². The highest BCUT2D eigenvalue weighted by atomic mass is 16.2. The van der Waals surface area contributed by atoms with Crippen LogP contribution in [0.3, 0.4) is 0 Å². The molecule has 21 heavy (non-hydrogen) atoms. The van der Waals surface area contributed by atoms with Gasteiger partial charge in [-0.3, -0.25) is 14.7 Å². The molecule has 0 radical (unpaired) electrons. The van der Waals surface area contributed by atoms with Crippen LogP contribution in [0.4, 0.5) is 5.82 Å². The van der Waals surface area contributed by atoms with E-state index in [1.165, 1.54) is 0 Å². The molecule has 0 bridgehead atoms. The molecule has 0 aromatic carbocycles. The second-order valence-electron chi connectivity index (χ2n) is 6.83. The summed E-state index contributed by atoms with van der Waals surface area (Å²) in [5, 5.41) is 12.5. The van der Waals surface area contributed by atoms with E-state index in [0.717, 1.165) is 12.1 Å². The number of aromatic nitrogens is 2. The summed E-state index contributed by atoms with van der Waals surface area (Å²) in [6.07, 6.45) is 1.21. The van der Waals surface area contributed by atoms with Crippen LogP contribution in [-0.2, 0) is 15.0 Å². The third kappa shape index (κ3) is 4.31. The van der Waals surface area contributed by atoms with Gasteiger partial charge in [0.15, 0.2) is 5.82 Å². The molecule has 6 nitrogen and oxygen atoms in total. The number of H-pyrrole nitrogens is 1. The van der Waals surface area contributed by atoms with Gasteiger partial charge in [-0.15, -0.1) is 0 Å². The summed E-state index contributed by atoms with van der Waals surface area (Å²) in [5.74, 6) is 1.07. The number of hydrogen-bond donors (Lipinski definition) is 3. The minimum atomic E-state index is -0.147. The molecular formula is C15H24N4O2. The highest BCUT2D eigenvalue weighted by molar-refractivity contribution is 5.90. The number of nitrogens with zero attached hydrogens (tertiary/aromatic N) is 1. The summed E-state index contributed by atoms with van der Waals surface area (Å²) in [7, 11) is 0. The van der Waals surface area contributed by atoms with E-state index in [1.807, 2.05) is 6.07 Å². The minimum absolute atomic E-state index is 0.0368. The first-order valence-corrected chi connectivity index (χ1v) is 7.41. The van der Waals surface area contributed by atoms with E-state index in [2.05, 4.69) is 48.5 Å². The SMILES string of the molecule is CC1CC1C(=O)NCCC(=O)Nc1cc(C(C)(C)C)[nH]n1. The van der Waals surface area contributed by atoms with E-state index in [4.69, 9.17) is 0 Å². The predicted octanol–water partition coefficient (Wildman–Crippen LogP) is 1.81. The molecule has 2 atom stereocenters. The zero-order chi connectivity index (χ0) is 15.6. The molecule has 1 heterocycles. The van der Waals surface area contributed by atoms with E-state index < -0.39 is 0 Å². The van der Waals surface area contributed by atoms with Crippen molar-refractivity contribution in [2.24, 2.45) is 11.8 Å². The highest BCUT2D eigenvalue weighted by Gasteiger charge is 2.38. The van der Waals surface area contributed by atoms with Crippen LogP contribution in [-0.4, -0.2) is 28.6 Å². The Hall–Kier alpha value is -1.85. The molecule has 0 saturated heterocycles. The molecule has 1 saturated carbocycles. The highest BCUT2D eigenvalue weighted by Crippen LogP contribution is 2.37. The lowest BCUT2D eigenvalue weighted by atomic mass is 9.92. The van der Waals surface area contributed by atoms with Crippen molar-refractivity contribution < 1.29 is 9.59 Å². The monoisotopic (exact) mass is 292 g/mol. The first kappa shape index (κ1) is 15.5.